The van der Waals surface area contributed by atoms with Crippen molar-refractivity contribution in [3.63, 3.8) is 0 Å². The molecule has 2 heterocycles. The number of nitrogens with zero attached hydrogens (tertiary/aromatic N) is 1. The molecule has 1 atom stereocenters. The molecule has 2 N–H and O–H groups in total. The molecule has 126 valence electrons. The van der Waals surface area contributed by atoms with E-state index in [0.717, 1.165) is 0 Å². The maximum Gasteiger partial charge on any atom is 0.410 e. The Labute approximate surface area is 131 Å². The Bertz CT molecular complexity index is 583. The number of halogens is 3. The first-order valence-electron chi connectivity index (χ1n) is 7.35. The molecule has 2 fully saturated rings. The van der Waals surface area contributed by atoms with Crippen LogP contribution in [0.5, 0.6) is 5.75 Å². The molecular formula is C15H17F3N2O3. The number of phenols is 1. The van der Waals surface area contributed by atoms with Crippen LogP contribution in [0.1, 0.15) is 18.4 Å². The molecule has 0 saturated carbocycles. The molecular weight excluding hydrogens is 313 g/mol. The highest BCUT2D eigenvalue weighted by molar-refractivity contribution is 5.78. The summed E-state index contributed by atoms with van der Waals surface area (Å²) in [6.07, 6.45) is -3.66. The predicted molar refractivity (Wildman–Crippen MR) is 74.9 cm³/mol. The summed E-state index contributed by atoms with van der Waals surface area (Å²) in [6.45, 7) is 0.298. The summed E-state index contributed by atoms with van der Waals surface area (Å²) in [5.41, 5.74) is -0.146. The van der Waals surface area contributed by atoms with E-state index in [0.29, 0.717) is 31.6 Å². The van der Waals surface area contributed by atoms with E-state index >= 15 is 0 Å². The number of ether oxygens (including phenoxy) is 1. The molecule has 1 aromatic carbocycles. The summed E-state index contributed by atoms with van der Waals surface area (Å²) in [6, 6.07) is 3.65. The molecule has 0 aliphatic carbocycles. The fourth-order valence-electron chi connectivity index (χ4n) is 3.29. The van der Waals surface area contributed by atoms with Gasteiger partial charge in [0.25, 0.3) is 0 Å². The second-order valence-corrected chi connectivity index (χ2v) is 5.85. The molecule has 0 spiro atoms. The lowest BCUT2D eigenvalue weighted by molar-refractivity contribution is -0.151. The van der Waals surface area contributed by atoms with Gasteiger partial charge in [-0.1, -0.05) is 12.1 Å². The van der Waals surface area contributed by atoms with Crippen molar-refractivity contribution in [1.29, 1.82) is 0 Å². The second kappa shape index (κ2) is 5.59. The van der Waals surface area contributed by atoms with Gasteiger partial charge in [0.1, 0.15) is 11.8 Å². The Morgan fingerprint density at radius 3 is 2.35 bits per heavy atom. The van der Waals surface area contributed by atoms with Gasteiger partial charge in [-0.05, 0) is 30.5 Å². The minimum Gasteiger partial charge on any atom is -0.508 e. The number of hydrogen-bond acceptors (Lipinski definition) is 3. The third-order valence-corrected chi connectivity index (χ3v) is 4.54. The molecule has 0 radical (unpaired) electrons. The first-order valence-corrected chi connectivity index (χ1v) is 7.35. The van der Waals surface area contributed by atoms with Crippen LogP contribution < -0.4 is 5.32 Å². The van der Waals surface area contributed by atoms with Crippen LogP contribution >= 0.6 is 0 Å². The maximum atomic E-state index is 13.0. The van der Waals surface area contributed by atoms with Gasteiger partial charge in [0.15, 0.2) is 0 Å². The average molecular weight is 330 g/mol. The molecule has 5 nitrogen and oxygen atoms in total. The van der Waals surface area contributed by atoms with Gasteiger partial charge in [0.2, 0.25) is 0 Å². The van der Waals surface area contributed by atoms with Crippen molar-refractivity contribution < 1.29 is 27.8 Å². The molecule has 23 heavy (non-hydrogen) atoms. The highest BCUT2D eigenvalue weighted by atomic mass is 19.4. The van der Waals surface area contributed by atoms with E-state index in [-0.39, 0.29) is 5.75 Å². The lowest BCUT2D eigenvalue weighted by atomic mass is 9.81. The molecule has 0 unspecified atom stereocenters. The van der Waals surface area contributed by atoms with Crippen LogP contribution in [0.15, 0.2) is 24.3 Å². The topological polar surface area (TPSA) is 61.8 Å². The van der Waals surface area contributed by atoms with Crippen LogP contribution in [0, 0.1) is 0 Å². The van der Waals surface area contributed by atoms with Gasteiger partial charge in [-0.25, -0.2) is 4.79 Å². The van der Waals surface area contributed by atoms with Gasteiger partial charge in [-0.2, -0.15) is 13.2 Å². The van der Waals surface area contributed by atoms with Gasteiger partial charge in [-0.15, -0.1) is 0 Å². The van der Waals surface area contributed by atoms with E-state index in [2.05, 4.69) is 0 Å². The molecule has 2 amide bonds. The minimum atomic E-state index is -4.48. The van der Waals surface area contributed by atoms with Crippen LogP contribution in [0.3, 0.4) is 0 Å². The van der Waals surface area contributed by atoms with E-state index < -0.39 is 30.3 Å². The summed E-state index contributed by atoms with van der Waals surface area (Å²) in [5.74, 6) is 0.0648. The van der Waals surface area contributed by atoms with E-state index in [1.807, 2.05) is 5.32 Å². The second-order valence-electron chi connectivity index (χ2n) is 5.85. The third-order valence-electron chi connectivity index (χ3n) is 4.54. The summed E-state index contributed by atoms with van der Waals surface area (Å²) in [7, 11) is 0. The lowest BCUT2D eigenvalue weighted by Gasteiger charge is -2.44. The number of urea groups is 1. The highest BCUT2D eigenvalue weighted by Gasteiger charge is 2.53. The molecule has 3 rings (SSSR count). The normalized spacial score (nSPS) is 24.6. The highest BCUT2D eigenvalue weighted by Crippen LogP contribution is 2.41. The van der Waals surface area contributed by atoms with Crippen molar-refractivity contribution in [2.45, 2.75) is 30.6 Å². The summed E-state index contributed by atoms with van der Waals surface area (Å²) < 4.78 is 44.2. The average Bonchev–Trinajstić information content (AvgIpc) is 2.91. The van der Waals surface area contributed by atoms with Gasteiger partial charge < -0.3 is 20.1 Å². The fraction of sp³-hybridized carbons (Fsp3) is 0.533. The van der Waals surface area contributed by atoms with Crippen molar-refractivity contribution in [3.05, 3.63) is 29.8 Å². The van der Waals surface area contributed by atoms with Crippen molar-refractivity contribution in [2.75, 3.05) is 19.8 Å². The molecule has 2 saturated heterocycles. The molecule has 2 aliphatic heterocycles. The molecule has 2 aliphatic rings. The number of amides is 2. The number of phenolic OH excluding ortho intramolecular Hbond substituents is 1. The number of benzene rings is 1. The van der Waals surface area contributed by atoms with E-state index in [1.54, 1.807) is 12.1 Å². The third kappa shape index (κ3) is 2.83. The van der Waals surface area contributed by atoms with Crippen molar-refractivity contribution in [2.24, 2.45) is 0 Å². The van der Waals surface area contributed by atoms with Gasteiger partial charge >= 0.3 is 12.2 Å². The first-order chi connectivity index (χ1) is 10.8. The summed E-state index contributed by atoms with van der Waals surface area (Å²) in [5, 5.41) is 11.5. The van der Waals surface area contributed by atoms with Gasteiger partial charge in [0, 0.05) is 13.2 Å². The summed E-state index contributed by atoms with van der Waals surface area (Å²) >= 11 is 0. The summed E-state index contributed by atoms with van der Waals surface area (Å²) in [4.78, 5) is 13.5. The quantitative estimate of drug-likeness (QED) is 0.875. The zero-order valence-electron chi connectivity index (χ0n) is 12.3. The number of aromatic hydroxyl groups is 1. The predicted octanol–water partition coefficient (Wildman–Crippen LogP) is 2.35. The van der Waals surface area contributed by atoms with Crippen molar-refractivity contribution >= 4 is 6.03 Å². The van der Waals surface area contributed by atoms with Crippen molar-refractivity contribution in [3.8, 4) is 5.75 Å². The maximum absolute atomic E-state index is 13.0. The Hall–Kier alpha value is -1.96. The monoisotopic (exact) mass is 330 g/mol. The number of carbonyl (C=O) groups is 1. The SMILES string of the molecule is O=C1N[C@H](C(F)(F)F)CN1C1(c2ccc(O)cc2)CCOCC1. The zero-order chi connectivity index (χ0) is 16.7. The van der Waals surface area contributed by atoms with Crippen LogP contribution in [0.2, 0.25) is 0 Å². The number of hydrogen-bond donors (Lipinski definition) is 2. The van der Waals surface area contributed by atoms with Crippen LogP contribution in [-0.4, -0.2) is 48.0 Å². The standard InChI is InChI=1S/C15H17F3N2O3/c16-15(17,18)12-9-20(13(22)19-12)14(5-7-23-8-6-14)10-1-3-11(21)4-2-10/h1-4,12,21H,5-9H2,(H,19,22)/t12-/m0/s1. The Morgan fingerprint density at radius 2 is 1.83 bits per heavy atom. The minimum absolute atomic E-state index is 0.0648. The van der Waals surface area contributed by atoms with Crippen LogP contribution in [0.4, 0.5) is 18.0 Å². The lowest BCUT2D eigenvalue weighted by Crippen LogP contribution is -2.51. The smallest absolute Gasteiger partial charge is 0.410 e. The van der Waals surface area contributed by atoms with Crippen LogP contribution in [-0.2, 0) is 10.3 Å². The first kappa shape index (κ1) is 15.9. The molecule has 0 bridgehead atoms. The van der Waals surface area contributed by atoms with E-state index in [4.69, 9.17) is 4.74 Å². The number of alkyl halides is 3. The molecule has 8 heteroatoms. The largest absolute Gasteiger partial charge is 0.508 e. The number of nitrogens with one attached hydrogen (secondary N) is 1. The molecule has 1 aromatic rings. The van der Waals surface area contributed by atoms with Crippen LogP contribution in [0.25, 0.3) is 0 Å². The Kier molecular flexibility index (Phi) is 3.87. The van der Waals surface area contributed by atoms with Crippen molar-refractivity contribution in [1.82, 2.24) is 10.2 Å². The number of carbonyl (C=O) groups excluding carboxylic acids is 1. The van der Waals surface area contributed by atoms with Gasteiger partial charge in [-0.3, -0.25) is 0 Å². The van der Waals surface area contributed by atoms with Gasteiger partial charge in [0.05, 0.1) is 12.1 Å². The number of rotatable bonds is 2. The van der Waals surface area contributed by atoms with E-state index in [9.17, 15) is 23.1 Å². The molecule has 0 aromatic heterocycles. The Morgan fingerprint density at radius 1 is 1.22 bits per heavy atom. The Balaban J connectivity index is 1.96. The van der Waals surface area contributed by atoms with E-state index in [1.165, 1.54) is 17.0 Å². The fourth-order valence-corrected chi connectivity index (χ4v) is 3.29. The zero-order valence-corrected chi connectivity index (χ0v) is 12.3.